The molecule has 0 heterocycles. The Morgan fingerprint density at radius 3 is 2.21 bits per heavy atom. The second kappa shape index (κ2) is 4.81. The molecule has 0 amide bonds. The van der Waals surface area contributed by atoms with Gasteiger partial charge in [0.05, 0.1) is 0 Å². The molecule has 0 spiro atoms. The van der Waals surface area contributed by atoms with Crippen LogP contribution in [-0.2, 0) is 4.43 Å². The lowest BCUT2D eigenvalue weighted by Crippen LogP contribution is -2.37. The van der Waals surface area contributed by atoms with Crippen molar-refractivity contribution < 1.29 is 4.43 Å². The van der Waals surface area contributed by atoms with Crippen LogP contribution in [-0.4, -0.2) is 13.9 Å². The van der Waals surface area contributed by atoms with E-state index >= 15 is 0 Å². The lowest BCUT2D eigenvalue weighted by atomic mass is 10.1. The van der Waals surface area contributed by atoms with E-state index < -0.39 is 8.32 Å². The van der Waals surface area contributed by atoms with Gasteiger partial charge in [-0.25, -0.2) is 0 Å². The Morgan fingerprint density at radius 1 is 1.36 bits per heavy atom. The van der Waals surface area contributed by atoms with Gasteiger partial charge in [0, 0.05) is 6.42 Å². The zero-order valence-corrected chi connectivity index (χ0v) is 11.3. The number of rotatable bonds is 3. The van der Waals surface area contributed by atoms with E-state index in [4.69, 9.17) is 4.43 Å². The molecule has 0 rings (SSSR count). The fraction of sp³-hybridized carbons (Fsp3) is 0.667. The minimum atomic E-state index is -1.49. The van der Waals surface area contributed by atoms with E-state index in [1.165, 1.54) is 0 Å². The molecule has 0 aliphatic rings. The molecule has 1 nitrogen and oxygen atoms in total. The maximum Gasteiger partial charge on any atom is 0.185 e. The Balaban J connectivity index is 4.31. The Bertz CT molecular complexity index is 260. The largest absolute Gasteiger partial charge is 0.402 e. The van der Waals surface area contributed by atoms with E-state index in [2.05, 4.69) is 38.1 Å². The van der Waals surface area contributed by atoms with Gasteiger partial charge < -0.3 is 4.43 Å². The maximum absolute atomic E-state index is 5.94. The molecular weight excluding hydrogens is 188 g/mol. The molecule has 0 aromatic rings. The highest BCUT2D eigenvalue weighted by molar-refractivity contribution is 6.69. The molecule has 14 heavy (non-hydrogen) atoms. The zero-order chi connectivity index (χ0) is 11.4. The van der Waals surface area contributed by atoms with Crippen LogP contribution in [0.25, 0.3) is 0 Å². The quantitative estimate of drug-likeness (QED) is 0.393. The molecule has 0 bridgehead atoms. The van der Waals surface area contributed by atoms with Crippen LogP contribution in [0, 0.1) is 11.8 Å². The van der Waals surface area contributed by atoms with Gasteiger partial charge >= 0.3 is 0 Å². The molecule has 0 unspecified atom stereocenters. The van der Waals surface area contributed by atoms with Crippen molar-refractivity contribution in [2.45, 2.75) is 52.4 Å². The third-order valence-corrected chi connectivity index (χ3v) is 2.46. The second-order valence-corrected chi connectivity index (χ2v) is 9.59. The fourth-order valence-corrected chi connectivity index (χ4v) is 2.78. The predicted octanol–water partition coefficient (Wildman–Crippen LogP) is 3.59. The molecule has 0 N–H and O–H groups in total. The molecule has 80 valence electrons. The van der Waals surface area contributed by atoms with Crippen LogP contribution in [0.1, 0.15) is 27.2 Å². The summed E-state index contributed by atoms with van der Waals surface area (Å²) in [6.45, 7) is 16.4. The van der Waals surface area contributed by atoms with Crippen LogP contribution >= 0.6 is 0 Å². The zero-order valence-electron chi connectivity index (χ0n) is 10.3. The smallest absolute Gasteiger partial charge is 0.185 e. The molecule has 0 saturated heterocycles. The highest BCUT2D eigenvalue weighted by Crippen LogP contribution is 2.16. The van der Waals surface area contributed by atoms with Crippen molar-refractivity contribution >= 4 is 8.32 Å². The van der Waals surface area contributed by atoms with Crippen molar-refractivity contribution in [2.24, 2.45) is 0 Å². The van der Waals surface area contributed by atoms with E-state index in [-0.39, 0.29) is 5.60 Å². The Morgan fingerprint density at radius 2 is 1.86 bits per heavy atom. The van der Waals surface area contributed by atoms with E-state index in [9.17, 15) is 0 Å². The fourth-order valence-electron chi connectivity index (χ4n) is 1.20. The normalized spacial score (nSPS) is 11.9. The monoisotopic (exact) mass is 210 g/mol. The lowest BCUT2D eigenvalue weighted by molar-refractivity contribution is 0.164. The van der Waals surface area contributed by atoms with Crippen molar-refractivity contribution in [3.63, 3.8) is 0 Å². The van der Waals surface area contributed by atoms with Crippen molar-refractivity contribution in [2.75, 3.05) is 0 Å². The molecule has 0 aromatic heterocycles. The van der Waals surface area contributed by atoms with Crippen LogP contribution in [0.5, 0.6) is 0 Å². The van der Waals surface area contributed by atoms with Gasteiger partial charge in [0.2, 0.25) is 0 Å². The van der Waals surface area contributed by atoms with Gasteiger partial charge in [-0.1, -0.05) is 24.0 Å². The van der Waals surface area contributed by atoms with Crippen molar-refractivity contribution in [1.29, 1.82) is 0 Å². The topological polar surface area (TPSA) is 9.23 Å². The van der Waals surface area contributed by atoms with Crippen LogP contribution in [0.4, 0.5) is 0 Å². The summed E-state index contributed by atoms with van der Waals surface area (Å²) in [5.74, 6) is 6.24. The molecule has 0 saturated carbocycles. The van der Waals surface area contributed by atoms with Crippen LogP contribution in [0.15, 0.2) is 12.2 Å². The van der Waals surface area contributed by atoms with Crippen LogP contribution < -0.4 is 0 Å². The molecule has 0 aliphatic heterocycles. The number of hydrogen-bond acceptors (Lipinski definition) is 1. The standard InChI is InChI=1S/C12H22OSi/c1-11(2)9-8-10-12(3,4)13-14(5,6)7/h1,9H2,2-7H3. The van der Waals surface area contributed by atoms with Gasteiger partial charge in [0.1, 0.15) is 5.60 Å². The van der Waals surface area contributed by atoms with Crippen molar-refractivity contribution in [3.8, 4) is 11.8 Å². The van der Waals surface area contributed by atoms with Gasteiger partial charge in [-0.3, -0.25) is 0 Å². The highest BCUT2D eigenvalue weighted by atomic mass is 28.4. The van der Waals surface area contributed by atoms with Crippen molar-refractivity contribution in [1.82, 2.24) is 0 Å². The summed E-state index contributed by atoms with van der Waals surface area (Å²) >= 11 is 0. The Kier molecular flexibility index (Phi) is 4.63. The maximum atomic E-state index is 5.94. The SMILES string of the molecule is C=C(C)CC#CC(C)(C)O[Si](C)(C)C. The van der Waals surface area contributed by atoms with Gasteiger partial charge in [-0.2, -0.15) is 0 Å². The first-order valence-electron chi connectivity index (χ1n) is 4.97. The summed E-state index contributed by atoms with van der Waals surface area (Å²) in [5, 5.41) is 0. The number of hydrogen-bond donors (Lipinski definition) is 0. The Labute approximate surface area is 89.7 Å². The van der Waals surface area contributed by atoms with Crippen LogP contribution in [0.2, 0.25) is 19.6 Å². The second-order valence-electron chi connectivity index (χ2n) is 5.16. The average molecular weight is 210 g/mol. The summed E-state index contributed by atoms with van der Waals surface area (Å²) in [6, 6.07) is 0. The van der Waals surface area contributed by atoms with Gasteiger partial charge in [-0.05, 0) is 40.4 Å². The van der Waals surface area contributed by atoms with Gasteiger partial charge in [-0.15, -0.1) is 0 Å². The van der Waals surface area contributed by atoms with Crippen LogP contribution in [0.3, 0.4) is 0 Å². The van der Waals surface area contributed by atoms with E-state index in [1.807, 2.05) is 20.8 Å². The average Bonchev–Trinajstić information content (AvgIpc) is 1.78. The first kappa shape index (κ1) is 13.5. The summed E-state index contributed by atoms with van der Waals surface area (Å²) in [4.78, 5) is 0. The molecule has 0 aromatic carbocycles. The third kappa shape index (κ3) is 8.09. The highest BCUT2D eigenvalue weighted by Gasteiger charge is 2.25. The molecule has 0 fully saturated rings. The first-order chi connectivity index (χ1) is 6.12. The molecule has 0 aliphatic carbocycles. The summed E-state index contributed by atoms with van der Waals surface area (Å²) in [7, 11) is -1.49. The first-order valence-corrected chi connectivity index (χ1v) is 8.38. The minimum absolute atomic E-state index is 0.320. The summed E-state index contributed by atoms with van der Waals surface area (Å²) in [6.07, 6.45) is 0.762. The minimum Gasteiger partial charge on any atom is -0.402 e. The molecule has 0 radical (unpaired) electrons. The van der Waals surface area contributed by atoms with E-state index in [0.717, 1.165) is 12.0 Å². The van der Waals surface area contributed by atoms with Gasteiger partial charge in [0.25, 0.3) is 0 Å². The van der Waals surface area contributed by atoms with Crippen molar-refractivity contribution in [3.05, 3.63) is 12.2 Å². The summed E-state index contributed by atoms with van der Waals surface area (Å²) in [5.41, 5.74) is 0.779. The lowest BCUT2D eigenvalue weighted by Gasteiger charge is -2.28. The van der Waals surface area contributed by atoms with E-state index in [0.29, 0.717) is 0 Å². The third-order valence-electron chi connectivity index (χ3n) is 1.34. The summed E-state index contributed by atoms with van der Waals surface area (Å²) < 4.78 is 5.94. The van der Waals surface area contributed by atoms with E-state index in [1.54, 1.807) is 0 Å². The molecular formula is C12H22OSi. The predicted molar refractivity (Wildman–Crippen MR) is 65.7 cm³/mol. The van der Waals surface area contributed by atoms with Gasteiger partial charge in [0.15, 0.2) is 8.32 Å². The number of allylic oxidation sites excluding steroid dienone is 1. The molecule has 2 heteroatoms. The Hall–Kier alpha value is -0.523. The molecule has 0 atom stereocenters.